The minimum Gasteiger partial charge on any atom is -0.493 e. The van der Waals surface area contributed by atoms with E-state index < -0.39 is 11.9 Å². The summed E-state index contributed by atoms with van der Waals surface area (Å²) in [5.74, 6) is -0.423. The van der Waals surface area contributed by atoms with Gasteiger partial charge in [-0.3, -0.25) is 4.79 Å². The molecule has 0 heterocycles. The smallest absolute Gasteiger partial charge is 0.337 e. The second kappa shape index (κ2) is 10.9. The number of rotatable bonds is 9. The first-order chi connectivity index (χ1) is 13.9. The molecular weight excluding hydrogens is 370 g/mol. The summed E-state index contributed by atoms with van der Waals surface area (Å²) in [4.78, 5) is 23.4. The number of aromatic carboxylic acids is 1. The monoisotopic (exact) mass is 397 g/mol. The Hall–Kier alpha value is -3.28. The number of carbonyl (C=O) groups is 2. The molecule has 2 rings (SSSR count). The number of carboxylic acid groups (broad SMARTS) is 1. The third-order valence-electron chi connectivity index (χ3n) is 4.52. The first kappa shape index (κ1) is 22.0. The van der Waals surface area contributed by atoms with Gasteiger partial charge in [0.15, 0.2) is 11.5 Å². The Morgan fingerprint density at radius 2 is 1.86 bits per heavy atom. The third-order valence-corrected chi connectivity index (χ3v) is 4.52. The lowest BCUT2D eigenvalue weighted by Crippen LogP contribution is -2.11. The lowest BCUT2D eigenvalue weighted by atomic mass is 10.1. The Kier molecular flexibility index (Phi) is 8.27. The molecule has 1 fully saturated rings. The van der Waals surface area contributed by atoms with E-state index >= 15 is 0 Å². The number of amides is 1. The Morgan fingerprint density at radius 3 is 2.48 bits per heavy atom. The van der Waals surface area contributed by atoms with Crippen molar-refractivity contribution >= 4 is 17.6 Å². The number of allylic oxidation sites excluding steroid dienone is 4. The molecule has 2 N–H and O–H groups in total. The quantitative estimate of drug-likeness (QED) is 0.354. The number of nitrogens with one attached hydrogen (secondary N) is 1. The lowest BCUT2D eigenvalue weighted by molar-refractivity contribution is -0.111. The minimum absolute atomic E-state index is 0.0332. The van der Waals surface area contributed by atoms with Crippen molar-refractivity contribution in [3.05, 3.63) is 77.8 Å². The first-order valence-electron chi connectivity index (χ1n) is 9.51. The van der Waals surface area contributed by atoms with Gasteiger partial charge >= 0.3 is 5.97 Å². The number of anilines is 1. The van der Waals surface area contributed by atoms with Gasteiger partial charge in [-0.15, -0.1) is 0 Å². The van der Waals surface area contributed by atoms with Gasteiger partial charge in [-0.05, 0) is 62.5 Å². The highest BCUT2D eigenvalue weighted by Gasteiger charge is 2.18. The van der Waals surface area contributed by atoms with Crippen LogP contribution in [0.3, 0.4) is 0 Å². The molecule has 0 atom stereocenters. The van der Waals surface area contributed by atoms with Crippen LogP contribution in [0.25, 0.3) is 0 Å². The van der Waals surface area contributed by atoms with Gasteiger partial charge in [0.05, 0.1) is 24.5 Å². The van der Waals surface area contributed by atoms with Crippen LogP contribution in [-0.4, -0.2) is 30.2 Å². The van der Waals surface area contributed by atoms with Gasteiger partial charge in [0, 0.05) is 6.08 Å². The summed E-state index contributed by atoms with van der Waals surface area (Å²) in [5, 5.41) is 11.8. The number of hydrogen-bond acceptors (Lipinski definition) is 4. The summed E-state index contributed by atoms with van der Waals surface area (Å²) in [5.41, 5.74) is 1.04. The Morgan fingerprint density at radius 1 is 1.17 bits per heavy atom. The maximum Gasteiger partial charge on any atom is 0.337 e. The third kappa shape index (κ3) is 6.68. The molecule has 0 saturated heterocycles. The van der Waals surface area contributed by atoms with Crippen LogP contribution < -0.4 is 5.32 Å². The van der Waals surface area contributed by atoms with E-state index in [1.165, 1.54) is 12.1 Å². The Balaban J connectivity index is 2.08. The predicted molar refractivity (Wildman–Crippen MR) is 113 cm³/mol. The van der Waals surface area contributed by atoms with Gasteiger partial charge in [-0.25, -0.2) is 4.79 Å². The van der Waals surface area contributed by atoms with Crippen molar-refractivity contribution in [1.82, 2.24) is 0 Å². The molecule has 0 radical (unpaired) electrons. The fourth-order valence-electron chi connectivity index (χ4n) is 3.04. The second-order valence-corrected chi connectivity index (χ2v) is 6.72. The van der Waals surface area contributed by atoms with Crippen molar-refractivity contribution in [2.45, 2.75) is 38.7 Å². The zero-order chi connectivity index (χ0) is 21.2. The van der Waals surface area contributed by atoms with E-state index in [9.17, 15) is 14.7 Å². The number of methoxy groups -OCH3 is 1. The van der Waals surface area contributed by atoms with E-state index in [2.05, 4.69) is 11.9 Å². The molecule has 0 bridgehead atoms. The van der Waals surface area contributed by atoms with Gasteiger partial charge in [-0.2, -0.15) is 0 Å². The van der Waals surface area contributed by atoms with Crippen molar-refractivity contribution in [1.29, 1.82) is 0 Å². The van der Waals surface area contributed by atoms with Gasteiger partial charge in [-0.1, -0.05) is 24.8 Å². The number of carboxylic acids is 1. The zero-order valence-electron chi connectivity index (χ0n) is 16.8. The van der Waals surface area contributed by atoms with Crippen LogP contribution in [0.1, 0.15) is 43.0 Å². The van der Waals surface area contributed by atoms with Gasteiger partial charge < -0.3 is 19.9 Å². The molecule has 1 saturated carbocycles. The van der Waals surface area contributed by atoms with Crippen LogP contribution in [0.2, 0.25) is 0 Å². The number of para-hydroxylation sites is 1. The second-order valence-electron chi connectivity index (χ2n) is 6.72. The van der Waals surface area contributed by atoms with Crippen LogP contribution in [0.4, 0.5) is 5.69 Å². The molecule has 6 heteroatoms. The van der Waals surface area contributed by atoms with Crippen molar-refractivity contribution in [2.24, 2.45) is 0 Å². The Bertz CT molecular complexity index is 845. The maximum atomic E-state index is 12.2. The van der Waals surface area contributed by atoms with E-state index in [0.717, 1.165) is 31.3 Å². The summed E-state index contributed by atoms with van der Waals surface area (Å²) >= 11 is 0. The fraction of sp³-hybridized carbons (Fsp3) is 0.304. The molecule has 1 aliphatic carbocycles. The van der Waals surface area contributed by atoms with Gasteiger partial charge in [0.1, 0.15) is 0 Å². The molecule has 1 aromatic rings. The van der Waals surface area contributed by atoms with E-state index in [1.807, 2.05) is 6.92 Å². The molecule has 6 nitrogen and oxygen atoms in total. The SMILES string of the molecule is C=C\C(OC1CCCC1)=C(/C=C(C)/C=C/C(=O)Nc1ccccc1C(=O)O)OC. The molecular formula is C23H27NO5. The molecule has 1 amide bonds. The molecule has 0 aromatic heterocycles. The summed E-state index contributed by atoms with van der Waals surface area (Å²) in [6.07, 6.45) is 10.9. The molecule has 0 aliphatic heterocycles. The molecule has 1 aliphatic rings. The average molecular weight is 397 g/mol. The van der Waals surface area contributed by atoms with Crippen LogP contribution in [0.15, 0.2) is 72.2 Å². The average Bonchev–Trinajstić information content (AvgIpc) is 3.22. The molecule has 154 valence electrons. The van der Waals surface area contributed by atoms with Crippen LogP contribution in [0, 0.1) is 0 Å². The summed E-state index contributed by atoms with van der Waals surface area (Å²) in [7, 11) is 1.56. The van der Waals surface area contributed by atoms with E-state index in [4.69, 9.17) is 9.47 Å². The van der Waals surface area contributed by atoms with Crippen molar-refractivity contribution in [3.8, 4) is 0 Å². The number of carbonyl (C=O) groups excluding carboxylic acids is 1. The van der Waals surface area contributed by atoms with E-state index in [1.54, 1.807) is 43.5 Å². The summed E-state index contributed by atoms with van der Waals surface area (Å²) in [6, 6.07) is 6.24. The van der Waals surface area contributed by atoms with Gasteiger partial charge in [0.2, 0.25) is 5.91 Å². The van der Waals surface area contributed by atoms with Crippen LogP contribution in [0.5, 0.6) is 0 Å². The first-order valence-corrected chi connectivity index (χ1v) is 9.51. The molecule has 1 aromatic carbocycles. The fourth-order valence-corrected chi connectivity index (χ4v) is 3.04. The zero-order valence-corrected chi connectivity index (χ0v) is 16.8. The van der Waals surface area contributed by atoms with E-state index in [0.29, 0.717) is 11.5 Å². The highest BCUT2D eigenvalue weighted by Crippen LogP contribution is 2.25. The Labute approximate surface area is 171 Å². The highest BCUT2D eigenvalue weighted by molar-refractivity contribution is 6.04. The number of benzene rings is 1. The van der Waals surface area contributed by atoms with Crippen LogP contribution in [-0.2, 0) is 14.3 Å². The van der Waals surface area contributed by atoms with Crippen LogP contribution >= 0.6 is 0 Å². The normalized spacial score (nSPS) is 15.7. The summed E-state index contributed by atoms with van der Waals surface area (Å²) < 4.78 is 11.4. The molecule has 0 unspecified atom stereocenters. The number of hydrogen-bond donors (Lipinski definition) is 2. The van der Waals surface area contributed by atoms with Crippen molar-refractivity contribution in [3.63, 3.8) is 0 Å². The molecule has 29 heavy (non-hydrogen) atoms. The minimum atomic E-state index is -1.10. The van der Waals surface area contributed by atoms with Crippen molar-refractivity contribution in [2.75, 3.05) is 12.4 Å². The largest absolute Gasteiger partial charge is 0.493 e. The molecule has 0 spiro atoms. The number of ether oxygens (including phenoxy) is 2. The summed E-state index contributed by atoms with van der Waals surface area (Å²) in [6.45, 7) is 5.62. The maximum absolute atomic E-state index is 12.2. The van der Waals surface area contributed by atoms with Gasteiger partial charge in [0.25, 0.3) is 0 Å². The predicted octanol–water partition coefficient (Wildman–Crippen LogP) is 4.83. The topological polar surface area (TPSA) is 84.9 Å². The standard InChI is InChI=1S/C23H27NO5/c1-4-20(29-17-9-5-6-10-17)21(28-3)15-16(2)13-14-22(25)24-19-12-8-7-11-18(19)23(26)27/h4,7-8,11-15,17H,1,5-6,9-10H2,2-3H3,(H,24,25)(H,26,27)/b14-13+,16-15+,21-20-. The van der Waals surface area contributed by atoms with E-state index in [-0.39, 0.29) is 17.4 Å². The lowest BCUT2D eigenvalue weighted by Gasteiger charge is -2.16. The van der Waals surface area contributed by atoms with Crippen molar-refractivity contribution < 1.29 is 24.2 Å². The highest BCUT2D eigenvalue weighted by atomic mass is 16.5.